The molecule has 8 heteroatoms. The molecule has 2 N–H and O–H groups in total. The molecule has 1 aliphatic rings. The molecule has 0 spiro atoms. The van der Waals surface area contributed by atoms with Crippen LogP contribution in [0.15, 0.2) is 24.3 Å². The summed E-state index contributed by atoms with van der Waals surface area (Å²) in [6.07, 6.45) is 5.48. The van der Waals surface area contributed by atoms with Crippen molar-refractivity contribution in [3.8, 4) is 6.07 Å². The smallest absolute Gasteiger partial charge is 0.245 e. The number of sulfone groups is 1. The second-order valence-corrected chi connectivity index (χ2v) is 9.71. The van der Waals surface area contributed by atoms with E-state index < -0.39 is 27.0 Å². The molecule has 1 aromatic carbocycles. The van der Waals surface area contributed by atoms with Crippen molar-refractivity contribution in [2.45, 2.75) is 63.2 Å². The lowest BCUT2D eigenvalue weighted by molar-refractivity contribution is -0.134. The molecule has 0 heterocycles. The Morgan fingerprint density at radius 3 is 2.38 bits per heavy atom. The van der Waals surface area contributed by atoms with E-state index in [1.807, 2.05) is 13.0 Å². The molecule has 0 aliphatic heterocycles. The van der Waals surface area contributed by atoms with Gasteiger partial charge in [-0.15, -0.1) is 0 Å². The zero-order valence-electron chi connectivity index (χ0n) is 16.9. The normalized spacial score (nSPS) is 15.9. The molecule has 158 valence electrons. The predicted molar refractivity (Wildman–Crippen MR) is 111 cm³/mol. The van der Waals surface area contributed by atoms with Gasteiger partial charge in [-0.05, 0) is 37.0 Å². The summed E-state index contributed by atoms with van der Waals surface area (Å²) in [5.41, 5.74) is -0.0637. The zero-order valence-corrected chi connectivity index (χ0v) is 17.7. The standard InChI is InChI=1S/C21H29N3O4S/c1-2-3-13-23-20(26)21(11-5-4-6-12-21)24-19(25)16-29(27,28)15-18-9-7-17(14-22)8-10-18/h7-10H,2-6,11-13,15-16H2,1H3,(H,23,26)(H,24,25). The number of unbranched alkanes of at least 4 members (excludes halogenated alkanes) is 1. The Labute approximate surface area is 172 Å². The van der Waals surface area contributed by atoms with Crippen LogP contribution < -0.4 is 10.6 Å². The summed E-state index contributed by atoms with van der Waals surface area (Å²) in [4.78, 5) is 25.3. The first kappa shape index (κ1) is 22.9. The average molecular weight is 420 g/mol. The van der Waals surface area contributed by atoms with E-state index >= 15 is 0 Å². The molecule has 0 radical (unpaired) electrons. The van der Waals surface area contributed by atoms with E-state index in [2.05, 4.69) is 10.6 Å². The molecule has 1 aliphatic carbocycles. The van der Waals surface area contributed by atoms with Gasteiger partial charge in [-0.25, -0.2) is 8.42 Å². The van der Waals surface area contributed by atoms with E-state index in [1.54, 1.807) is 24.3 Å². The average Bonchev–Trinajstić information content (AvgIpc) is 2.68. The topological polar surface area (TPSA) is 116 Å². The van der Waals surface area contributed by atoms with Crippen LogP contribution in [0, 0.1) is 11.3 Å². The highest BCUT2D eigenvalue weighted by Crippen LogP contribution is 2.28. The number of benzene rings is 1. The molecule has 0 aromatic heterocycles. The van der Waals surface area contributed by atoms with Crippen molar-refractivity contribution in [2.75, 3.05) is 12.3 Å². The van der Waals surface area contributed by atoms with Crippen LogP contribution >= 0.6 is 0 Å². The van der Waals surface area contributed by atoms with Gasteiger partial charge < -0.3 is 10.6 Å². The summed E-state index contributed by atoms with van der Waals surface area (Å²) in [5, 5.41) is 14.4. The molecule has 1 fully saturated rings. The molecule has 0 saturated heterocycles. The van der Waals surface area contributed by atoms with E-state index in [9.17, 15) is 18.0 Å². The first-order valence-electron chi connectivity index (χ1n) is 10.1. The Morgan fingerprint density at radius 1 is 1.14 bits per heavy atom. The van der Waals surface area contributed by atoms with Gasteiger partial charge in [0.2, 0.25) is 11.8 Å². The molecular formula is C21H29N3O4S. The summed E-state index contributed by atoms with van der Waals surface area (Å²) in [5.74, 6) is -1.83. The van der Waals surface area contributed by atoms with Crippen molar-refractivity contribution in [1.82, 2.24) is 10.6 Å². The first-order valence-corrected chi connectivity index (χ1v) is 11.9. The number of rotatable bonds is 9. The second-order valence-electron chi connectivity index (χ2n) is 7.64. The van der Waals surface area contributed by atoms with Gasteiger partial charge in [-0.1, -0.05) is 44.7 Å². The van der Waals surface area contributed by atoms with Gasteiger partial charge in [0, 0.05) is 6.54 Å². The molecular weight excluding hydrogens is 390 g/mol. The minimum Gasteiger partial charge on any atom is -0.354 e. The van der Waals surface area contributed by atoms with Crippen LogP contribution in [0.2, 0.25) is 0 Å². The summed E-state index contributed by atoms with van der Waals surface area (Å²) >= 11 is 0. The summed E-state index contributed by atoms with van der Waals surface area (Å²) in [6, 6.07) is 8.20. The van der Waals surface area contributed by atoms with Crippen molar-refractivity contribution in [2.24, 2.45) is 0 Å². The Balaban J connectivity index is 2.02. The molecule has 0 bridgehead atoms. The molecule has 0 unspecified atom stereocenters. The van der Waals surface area contributed by atoms with Gasteiger partial charge in [-0.2, -0.15) is 5.26 Å². The minimum atomic E-state index is -3.70. The Kier molecular flexibility index (Phi) is 8.21. The fourth-order valence-corrected chi connectivity index (χ4v) is 4.87. The number of carbonyl (C=O) groups excluding carboxylic acids is 2. The summed E-state index contributed by atoms with van der Waals surface area (Å²) < 4.78 is 24.9. The predicted octanol–water partition coefficient (Wildman–Crippen LogP) is 2.21. The number of nitrogens with one attached hydrogen (secondary N) is 2. The third-order valence-electron chi connectivity index (χ3n) is 5.16. The van der Waals surface area contributed by atoms with Gasteiger partial charge in [-0.3, -0.25) is 9.59 Å². The molecule has 0 atom stereocenters. The van der Waals surface area contributed by atoms with E-state index in [4.69, 9.17) is 5.26 Å². The van der Waals surface area contributed by atoms with E-state index in [-0.39, 0.29) is 11.7 Å². The van der Waals surface area contributed by atoms with Gasteiger partial charge in [0.25, 0.3) is 0 Å². The van der Waals surface area contributed by atoms with Crippen LogP contribution in [0.5, 0.6) is 0 Å². The Bertz CT molecular complexity index is 851. The minimum absolute atomic E-state index is 0.219. The highest BCUT2D eigenvalue weighted by atomic mass is 32.2. The molecule has 29 heavy (non-hydrogen) atoms. The number of nitrogens with zero attached hydrogens (tertiary/aromatic N) is 1. The Morgan fingerprint density at radius 2 is 1.79 bits per heavy atom. The number of hydrogen-bond donors (Lipinski definition) is 2. The van der Waals surface area contributed by atoms with Crippen molar-refractivity contribution in [1.29, 1.82) is 5.26 Å². The highest BCUT2D eigenvalue weighted by molar-refractivity contribution is 7.91. The van der Waals surface area contributed by atoms with Crippen molar-refractivity contribution in [3.05, 3.63) is 35.4 Å². The number of hydrogen-bond acceptors (Lipinski definition) is 5. The summed E-state index contributed by atoms with van der Waals surface area (Å²) in [7, 11) is -3.70. The summed E-state index contributed by atoms with van der Waals surface area (Å²) in [6.45, 7) is 2.58. The molecule has 1 aromatic rings. The zero-order chi connectivity index (χ0) is 21.3. The number of amides is 2. The third-order valence-corrected chi connectivity index (χ3v) is 6.63. The SMILES string of the molecule is CCCCNC(=O)C1(NC(=O)CS(=O)(=O)Cc2ccc(C#N)cc2)CCCCC1. The van der Waals surface area contributed by atoms with Gasteiger partial charge in [0.15, 0.2) is 9.84 Å². The van der Waals surface area contributed by atoms with Crippen LogP contribution in [0.1, 0.15) is 63.0 Å². The maximum absolute atomic E-state index is 12.7. The molecule has 2 amide bonds. The van der Waals surface area contributed by atoms with Crippen LogP contribution in [0.25, 0.3) is 0 Å². The number of nitriles is 1. The largest absolute Gasteiger partial charge is 0.354 e. The van der Waals surface area contributed by atoms with Crippen LogP contribution in [0.3, 0.4) is 0 Å². The lowest BCUT2D eigenvalue weighted by atomic mass is 9.80. The molecule has 2 rings (SSSR count). The number of carbonyl (C=O) groups is 2. The van der Waals surface area contributed by atoms with E-state index in [0.717, 1.165) is 32.1 Å². The van der Waals surface area contributed by atoms with Crippen LogP contribution in [-0.4, -0.2) is 38.1 Å². The van der Waals surface area contributed by atoms with Crippen LogP contribution in [-0.2, 0) is 25.2 Å². The lowest BCUT2D eigenvalue weighted by Gasteiger charge is -2.36. The highest BCUT2D eigenvalue weighted by Gasteiger charge is 2.41. The maximum atomic E-state index is 12.7. The maximum Gasteiger partial charge on any atom is 0.245 e. The van der Waals surface area contributed by atoms with Gasteiger partial charge >= 0.3 is 0 Å². The van der Waals surface area contributed by atoms with Crippen molar-refractivity contribution in [3.63, 3.8) is 0 Å². The third kappa shape index (κ3) is 6.86. The monoisotopic (exact) mass is 419 g/mol. The first-order chi connectivity index (χ1) is 13.8. The molecule has 7 nitrogen and oxygen atoms in total. The quantitative estimate of drug-likeness (QED) is 0.595. The fourth-order valence-electron chi connectivity index (χ4n) is 3.60. The van der Waals surface area contributed by atoms with Crippen molar-refractivity contribution >= 4 is 21.7 Å². The van der Waals surface area contributed by atoms with E-state index in [1.165, 1.54) is 0 Å². The van der Waals surface area contributed by atoms with Crippen molar-refractivity contribution < 1.29 is 18.0 Å². The lowest BCUT2D eigenvalue weighted by Crippen LogP contribution is -2.60. The van der Waals surface area contributed by atoms with E-state index in [0.29, 0.717) is 30.5 Å². The van der Waals surface area contributed by atoms with Gasteiger partial charge in [0.05, 0.1) is 17.4 Å². The van der Waals surface area contributed by atoms with Gasteiger partial charge in [0.1, 0.15) is 11.3 Å². The fraction of sp³-hybridized carbons (Fsp3) is 0.571. The Hall–Kier alpha value is -2.40. The molecule has 1 saturated carbocycles. The second kappa shape index (κ2) is 10.4. The van der Waals surface area contributed by atoms with Crippen LogP contribution in [0.4, 0.5) is 0 Å².